The van der Waals surface area contributed by atoms with Crippen molar-refractivity contribution in [3.8, 4) is 0 Å². The zero-order valence-electron chi connectivity index (χ0n) is 11.1. The first-order valence-corrected chi connectivity index (χ1v) is 6.73. The highest BCUT2D eigenvalue weighted by atomic mass is 19.1. The van der Waals surface area contributed by atoms with Gasteiger partial charge in [0.2, 0.25) is 0 Å². The van der Waals surface area contributed by atoms with Gasteiger partial charge in [0.05, 0.1) is 6.61 Å². The van der Waals surface area contributed by atoms with Crippen LogP contribution in [0.4, 0.5) is 4.39 Å². The summed E-state index contributed by atoms with van der Waals surface area (Å²) >= 11 is 0. The molecule has 0 bridgehead atoms. The Morgan fingerprint density at radius 3 is 2.95 bits per heavy atom. The highest BCUT2D eigenvalue weighted by Gasteiger charge is 2.42. The van der Waals surface area contributed by atoms with Gasteiger partial charge in [-0.15, -0.1) is 0 Å². The normalized spacial score (nSPS) is 26.3. The highest BCUT2D eigenvalue weighted by Crippen LogP contribution is 2.38. The van der Waals surface area contributed by atoms with Crippen LogP contribution >= 0.6 is 0 Å². The average molecular weight is 263 g/mol. The van der Waals surface area contributed by atoms with Crippen LogP contribution in [0.5, 0.6) is 0 Å². The summed E-state index contributed by atoms with van der Waals surface area (Å²) in [6, 6.07) is 4.71. The number of aryl methyl sites for hydroxylation is 1. The lowest BCUT2D eigenvalue weighted by molar-refractivity contribution is 0.0765. The molecule has 1 aromatic carbocycles. The van der Waals surface area contributed by atoms with Crippen molar-refractivity contribution in [3.63, 3.8) is 0 Å². The molecule has 2 fully saturated rings. The molecule has 2 aliphatic heterocycles. The molecule has 2 aliphatic rings. The van der Waals surface area contributed by atoms with Crippen molar-refractivity contribution in [3.05, 3.63) is 35.1 Å². The van der Waals surface area contributed by atoms with Crippen LogP contribution in [-0.2, 0) is 4.74 Å². The number of likely N-dealkylation sites (tertiary alicyclic amines) is 1. The molecule has 0 N–H and O–H groups in total. The molecule has 0 radical (unpaired) electrons. The van der Waals surface area contributed by atoms with Gasteiger partial charge in [-0.05, 0) is 37.5 Å². The summed E-state index contributed by atoms with van der Waals surface area (Å²) in [6.07, 6.45) is 2.02. The van der Waals surface area contributed by atoms with Gasteiger partial charge < -0.3 is 9.64 Å². The number of hydrogen-bond donors (Lipinski definition) is 0. The molecule has 19 heavy (non-hydrogen) atoms. The summed E-state index contributed by atoms with van der Waals surface area (Å²) in [5, 5.41) is 0. The lowest BCUT2D eigenvalue weighted by Crippen LogP contribution is -2.32. The molecule has 1 aromatic rings. The molecule has 0 aliphatic carbocycles. The average Bonchev–Trinajstić information content (AvgIpc) is 3.03. The molecule has 1 amide bonds. The predicted molar refractivity (Wildman–Crippen MR) is 69.5 cm³/mol. The maximum atomic E-state index is 13.5. The Hall–Kier alpha value is -1.42. The minimum absolute atomic E-state index is 0.0670. The maximum absolute atomic E-state index is 13.5. The van der Waals surface area contributed by atoms with Gasteiger partial charge in [0, 0.05) is 30.7 Å². The fraction of sp³-hybridized carbons (Fsp3) is 0.533. The molecular formula is C15H18FNO2. The zero-order valence-corrected chi connectivity index (χ0v) is 11.1. The Balaban J connectivity index is 1.76. The van der Waals surface area contributed by atoms with Crippen LogP contribution in [0.25, 0.3) is 0 Å². The molecule has 2 heterocycles. The second-order valence-corrected chi connectivity index (χ2v) is 5.74. The van der Waals surface area contributed by atoms with Crippen molar-refractivity contribution < 1.29 is 13.9 Å². The fourth-order valence-corrected chi connectivity index (χ4v) is 2.99. The van der Waals surface area contributed by atoms with Crippen molar-refractivity contribution in [1.82, 2.24) is 4.90 Å². The fourth-order valence-electron chi connectivity index (χ4n) is 2.99. The SMILES string of the molecule is Cc1ccc(C(=O)N2CCC3(CCOC3)C2)cc1F. The first-order valence-electron chi connectivity index (χ1n) is 6.73. The van der Waals surface area contributed by atoms with E-state index in [1.165, 1.54) is 6.07 Å². The van der Waals surface area contributed by atoms with Crippen LogP contribution in [0.1, 0.15) is 28.8 Å². The molecule has 1 unspecified atom stereocenters. The van der Waals surface area contributed by atoms with Crippen molar-refractivity contribution in [2.45, 2.75) is 19.8 Å². The van der Waals surface area contributed by atoms with Crippen molar-refractivity contribution in [1.29, 1.82) is 0 Å². The van der Waals surface area contributed by atoms with E-state index in [-0.39, 0.29) is 17.1 Å². The van der Waals surface area contributed by atoms with Gasteiger partial charge in [-0.25, -0.2) is 4.39 Å². The maximum Gasteiger partial charge on any atom is 0.253 e. The van der Waals surface area contributed by atoms with Gasteiger partial charge in [-0.3, -0.25) is 4.79 Å². The molecule has 102 valence electrons. The van der Waals surface area contributed by atoms with E-state index in [0.29, 0.717) is 11.1 Å². The van der Waals surface area contributed by atoms with E-state index in [9.17, 15) is 9.18 Å². The minimum atomic E-state index is -0.316. The monoisotopic (exact) mass is 263 g/mol. The smallest absolute Gasteiger partial charge is 0.253 e. The Morgan fingerprint density at radius 1 is 1.42 bits per heavy atom. The largest absolute Gasteiger partial charge is 0.381 e. The van der Waals surface area contributed by atoms with E-state index in [1.54, 1.807) is 19.1 Å². The molecule has 3 nitrogen and oxygen atoms in total. The van der Waals surface area contributed by atoms with Crippen LogP contribution in [0.3, 0.4) is 0 Å². The lowest BCUT2D eigenvalue weighted by Gasteiger charge is -2.22. The van der Waals surface area contributed by atoms with Crippen molar-refractivity contribution >= 4 is 5.91 Å². The molecular weight excluding hydrogens is 245 g/mol. The van der Waals surface area contributed by atoms with Crippen LogP contribution in [0.2, 0.25) is 0 Å². The topological polar surface area (TPSA) is 29.5 Å². The summed E-state index contributed by atoms with van der Waals surface area (Å²) < 4.78 is 19.0. The Kier molecular flexibility index (Phi) is 3.05. The second-order valence-electron chi connectivity index (χ2n) is 5.74. The number of halogens is 1. The first kappa shape index (κ1) is 12.6. The van der Waals surface area contributed by atoms with E-state index in [0.717, 1.165) is 39.1 Å². The molecule has 4 heteroatoms. The second kappa shape index (κ2) is 4.60. The van der Waals surface area contributed by atoms with Gasteiger partial charge in [-0.2, -0.15) is 0 Å². The van der Waals surface area contributed by atoms with Crippen LogP contribution < -0.4 is 0 Å². The van der Waals surface area contributed by atoms with Gasteiger partial charge in [0.1, 0.15) is 5.82 Å². The quantitative estimate of drug-likeness (QED) is 0.778. The minimum Gasteiger partial charge on any atom is -0.381 e. The molecule has 0 aromatic heterocycles. The van der Waals surface area contributed by atoms with Crippen LogP contribution in [0.15, 0.2) is 18.2 Å². The predicted octanol–water partition coefficient (Wildman–Crippen LogP) is 2.39. The molecule has 1 atom stereocenters. The van der Waals surface area contributed by atoms with E-state index in [1.807, 2.05) is 4.90 Å². The number of carbonyl (C=O) groups excluding carboxylic acids is 1. The summed E-state index contributed by atoms with van der Waals surface area (Å²) in [5.41, 5.74) is 1.16. The zero-order chi connectivity index (χ0) is 13.5. The van der Waals surface area contributed by atoms with Gasteiger partial charge in [0.15, 0.2) is 0 Å². The van der Waals surface area contributed by atoms with E-state index in [2.05, 4.69) is 0 Å². The third-order valence-electron chi connectivity index (χ3n) is 4.33. The molecule has 0 saturated carbocycles. The molecule has 3 rings (SSSR count). The Bertz CT molecular complexity index is 509. The number of carbonyl (C=O) groups is 1. The standard InChI is InChI=1S/C15H18FNO2/c1-11-2-3-12(8-13(11)16)14(18)17-6-4-15(9-17)5-7-19-10-15/h2-3,8H,4-7,9-10H2,1H3. The lowest BCUT2D eigenvalue weighted by atomic mass is 9.87. The number of hydrogen-bond acceptors (Lipinski definition) is 2. The third-order valence-corrected chi connectivity index (χ3v) is 4.33. The van der Waals surface area contributed by atoms with E-state index < -0.39 is 0 Å². The number of rotatable bonds is 1. The summed E-state index contributed by atoms with van der Waals surface area (Å²) in [4.78, 5) is 14.2. The van der Waals surface area contributed by atoms with Gasteiger partial charge >= 0.3 is 0 Å². The van der Waals surface area contributed by atoms with Gasteiger partial charge in [0.25, 0.3) is 5.91 Å². The Labute approximate surface area is 112 Å². The third kappa shape index (κ3) is 2.25. The molecule has 2 saturated heterocycles. The number of ether oxygens (including phenoxy) is 1. The summed E-state index contributed by atoms with van der Waals surface area (Å²) in [5.74, 6) is -0.383. The van der Waals surface area contributed by atoms with E-state index in [4.69, 9.17) is 4.74 Å². The number of nitrogens with zero attached hydrogens (tertiary/aromatic N) is 1. The first-order chi connectivity index (χ1) is 9.10. The molecule has 1 spiro atoms. The van der Waals surface area contributed by atoms with Crippen molar-refractivity contribution in [2.24, 2.45) is 5.41 Å². The number of amides is 1. The van der Waals surface area contributed by atoms with E-state index >= 15 is 0 Å². The summed E-state index contributed by atoms with van der Waals surface area (Å²) in [6.45, 7) is 4.73. The van der Waals surface area contributed by atoms with Crippen molar-refractivity contribution in [2.75, 3.05) is 26.3 Å². The van der Waals surface area contributed by atoms with Crippen LogP contribution in [0, 0.1) is 18.2 Å². The number of benzene rings is 1. The summed E-state index contributed by atoms with van der Waals surface area (Å²) in [7, 11) is 0. The highest BCUT2D eigenvalue weighted by molar-refractivity contribution is 5.94. The van der Waals surface area contributed by atoms with Gasteiger partial charge in [-0.1, -0.05) is 6.07 Å². The Morgan fingerprint density at radius 2 is 2.26 bits per heavy atom. The van der Waals surface area contributed by atoms with Crippen LogP contribution in [-0.4, -0.2) is 37.1 Å².